The lowest BCUT2D eigenvalue weighted by Gasteiger charge is -2.15. The summed E-state index contributed by atoms with van der Waals surface area (Å²) in [7, 11) is 2.85. The molecule has 0 fully saturated rings. The Morgan fingerprint density at radius 2 is 1.80 bits per heavy atom. The minimum atomic E-state index is -1.28. The molecule has 0 spiro atoms. The summed E-state index contributed by atoms with van der Waals surface area (Å²) >= 11 is 3.28. The van der Waals surface area contributed by atoms with Gasteiger partial charge in [-0.3, -0.25) is 4.79 Å². The smallest absolute Gasteiger partial charge is 0.252 e. The maximum Gasteiger partial charge on any atom is 0.252 e. The molecule has 1 unspecified atom stereocenters. The van der Waals surface area contributed by atoms with Gasteiger partial charge in [-0.1, -0.05) is 6.07 Å². The molecule has 2 aromatic rings. The molecule has 0 aliphatic rings. The average molecular weight is 411 g/mol. The zero-order valence-electron chi connectivity index (χ0n) is 13.3. The fourth-order valence-corrected chi connectivity index (χ4v) is 2.68. The van der Waals surface area contributed by atoms with Crippen LogP contribution in [-0.4, -0.2) is 20.1 Å². The number of methoxy groups -OCH3 is 2. The first-order chi connectivity index (χ1) is 11.9. The highest BCUT2D eigenvalue weighted by molar-refractivity contribution is 9.10. The van der Waals surface area contributed by atoms with Gasteiger partial charge in [0, 0.05) is 17.2 Å². The van der Waals surface area contributed by atoms with Crippen LogP contribution in [0.3, 0.4) is 0 Å². The minimum Gasteiger partial charge on any atom is -0.495 e. The first-order valence-corrected chi connectivity index (χ1v) is 7.77. The number of carbonyl (C=O) groups excluding carboxylic acids is 1. The molecule has 130 valence electrons. The summed E-state index contributed by atoms with van der Waals surface area (Å²) in [6.45, 7) is 0. The SMILES string of the molecule is COc1cc(C(=O)NC(C#N)c2ccc(F)cc2F)cc(OC)c1Br. The van der Waals surface area contributed by atoms with Crippen molar-refractivity contribution >= 4 is 21.8 Å². The number of benzene rings is 2. The molecule has 0 bridgehead atoms. The van der Waals surface area contributed by atoms with Crippen LogP contribution in [0.1, 0.15) is 22.0 Å². The van der Waals surface area contributed by atoms with Crippen molar-refractivity contribution in [2.45, 2.75) is 6.04 Å². The molecule has 1 amide bonds. The fourth-order valence-electron chi connectivity index (χ4n) is 2.13. The van der Waals surface area contributed by atoms with E-state index in [1.807, 2.05) is 0 Å². The van der Waals surface area contributed by atoms with Gasteiger partial charge in [-0.2, -0.15) is 5.26 Å². The topological polar surface area (TPSA) is 71.3 Å². The minimum absolute atomic E-state index is 0.131. The third-order valence-electron chi connectivity index (χ3n) is 3.39. The monoisotopic (exact) mass is 410 g/mol. The molecule has 25 heavy (non-hydrogen) atoms. The molecule has 0 aromatic heterocycles. The molecule has 0 radical (unpaired) electrons. The van der Waals surface area contributed by atoms with E-state index in [1.165, 1.54) is 26.4 Å². The molecule has 1 atom stereocenters. The number of amides is 1. The van der Waals surface area contributed by atoms with Gasteiger partial charge in [0.25, 0.3) is 5.91 Å². The number of nitrogens with one attached hydrogen (secondary N) is 1. The number of rotatable bonds is 5. The van der Waals surface area contributed by atoms with Gasteiger partial charge in [0.2, 0.25) is 0 Å². The fraction of sp³-hybridized carbons (Fsp3) is 0.176. The Kier molecular flexibility index (Phi) is 5.93. The molecule has 5 nitrogen and oxygen atoms in total. The summed E-state index contributed by atoms with van der Waals surface area (Å²) in [5, 5.41) is 11.6. The quantitative estimate of drug-likeness (QED) is 0.814. The van der Waals surface area contributed by atoms with Crippen LogP contribution >= 0.6 is 15.9 Å². The van der Waals surface area contributed by atoms with Crippen molar-refractivity contribution in [3.05, 3.63) is 57.6 Å². The Hall–Kier alpha value is -2.66. The molecule has 0 aliphatic heterocycles. The summed E-state index contributed by atoms with van der Waals surface area (Å²) in [6, 6.07) is 6.16. The Morgan fingerprint density at radius 3 is 2.28 bits per heavy atom. The summed E-state index contributed by atoms with van der Waals surface area (Å²) in [5.74, 6) is -1.62. The lowest BCUT2D eigenvalue weighted by atomic mass is 10.1. The van der Waals surface area contributed by atoms with Crippen LogP contribution in [0.15, 0.2) is 34.8 Å². The van der Waals surface area contributed by atoms with E-state index >= 15 is 0 Å². The molecule has 0 heterocycles. The van der Waals surface area contributed by atoms with Crippen molar-refractivity contribution in [3.63, 3.8) is 0 Å². The third-order valence-corrected chi connectivity index (χ3v) is 4.17. The molecule has 2 aromatic carbocycles. The van der Waals surface area contributed by atoms with Crippen molar-refractivity contribution in [3.8, 4) is 17.6 Å². The van der Waals surface area contributed by atoms with Gasteiger partial charge in [-0.05, 0) is 34.1 Å². The van der Waals surface area contributed by atoms with Crippen LogP contribution in [0.4, 0.5) is 8.78 Å². The highest BCUT2D eigenvalue weighted by Gasteiger charge is 2.21. The molecule has 0 aliphatic carbocycles. The number of carbonyl (C=O) groups is 1. The zero-order valence-corrected chi connectivity index (χ0v) is 14.9. The van der Waals surface area contributed by atoms with Gasteiger partial charge in [-0.25, -0.2) is 8.78 Å². The molecule has 1 N–H and O–H groups in total. The predicted octanol–water partition coefficient (Wildman–Crippen LogP) is 3.74. The number of nitrogens with zero attached hydrogens (tertiary/aromatic N) is 1. The lowest BCUT2D eigenvalue weighted by molar-refractivity contribution is 0.0944. The summed E-state index contributed by atoms with van der Waals surface area (Å²) in [5.41, 5.74) is 0.0213. The molecule has 2 rings (SSSR count). The number of ether oxygens (including phenoxy) is 2. The van der Waals surface area contributed by atoms with E-state index in [0.29, 0.717) is 22.0 Å². The van der Waals surface area contributed by atoms with Crippen molar-refractivity contribution in [1.82, 2.24) is 5.32 Å². The van der Waals surface area contributed by atoms with Crippen LogP contribution in [0, 0.1) is 23.0 Å². The van der Waals surface area contributed by atoms with Crippen LogP contribution < -0.4 is 14.8 Å². The second-order valence-corrected chi connectivity index (χ2v) is 5.69. The molecule has 8 heteroatoms. The highest BCUT2D eigenvalue weighted by atomic mass is 79.9. The average Bonchev–Trinajstić information content (AvgIpc) is 2.60. The Balaban J connectivity index is 2.33. The van der Waals surface area contributed by atoms with E-state index in [9.17, 15) is 18.8 Å². The first-order valence-electron chi connectivity index (χ1n) is 6.98. The Bertz CT molecular complexity index is 827. The largest absolute Gasteiger partial charge is 0.495 e. The second-order valence-electron chi connectivity index (χ2n) is 4.90. The van der Waals surface area contributed by atoms with Gasteiger partial charge >= 0.3 is 0 Å². The van der Waals surface area contributed by atoms with E-state index in [4.69, 9.17) is 9.47 Å². The van der Waals surface area contributed by atoms with E-state index < -0.39 is 23.6 Å². The van der Waals surface area contributed by atoms with Crippen molar-refractivity contribution in [2.24, 2.45) is 0 Å². The maximum absolute atomic E-state index is 13.8. The Labute approximate surface area is 151 Å². The van der Waals surface area contributed by atoms with E-state index in [2.05, 4.69) is 21.2 Å². The third kappa shape index (κ3) is 4.06. The number of hydrogen-bond donors (Lipinski definition) is 1. The van der Waals surface area contributed by atoms with Crippen molar-refractivity contribution in [2.75, 3.05) is 14.2 Å². The van der Waals surface area contributed by atoms with E-state index in [0.717, 1.165) is 12.1 Å². The zero-order chi connectivity index (χ0) is 18.6. The van der Waals surface area contributed by atoms with Crippen LogP contribution in [0.5, 0.6) is 11.5 Å². The van der Waals surface area contributed by atoms with Crippen molar-refractivity contribution in [1.29, 1.82) is 5.26 Å². The number of halogens is 3. The van der Waals surface area contributed by atoms with Crippen LogP contribution in [0.2, 0.25) is 0 Å². The normalized spacial score (nSPS) is 11.4. The van der Waals surface area contributed by atoms with Crippen LogP contribution in [0.25, 0.3) is 0 Å². The number of hydrogen-bond acceptors (Lipinski definition) is 4. The standard InChI is InChI=1S/C17H13BrF2N2O3/c1-24-14-5-9(6-15(25-2)16(14)18)17(23)22-13(8-21)11-4-3-10(19)7-12(11)20/h3-7,13H,1-2H3,(H,22,23). The van der Waals surface area contributed by atoms with E-state index in [1.54, 1.807) is 6.07 Å². The first kappa shape index (κ1) is 18.7. The molecule has 0 saturated carbocycles. The van der Waals surface area contributed by atoms with Gasteiger partial charge in [0.15, 0.2) is 0 Å². The summed E-state index contributed by atoms with van der Waals surface area (Å²) in [4.78, 5) is 12.4. The van der Waals surface area contributed by atoms with Gasteiger partial charge in [0.05, 0.1) is 20.3 Å². The predicted molar refractivity (Wildman–Crippen MR) is 89.4 cm³/mol. The van der Waals surface area contributed by atoms with Gasteiger partial charge in [-0.15, -0.1) is 0 Å². The van der Waals surface area contributed by atoms with Gasteiger partial charge in [0.1, 0.15) is 33.6 Å². The molecular weight excluding hydrogens is 398 g/mol. The van der Waals surface area contributed by atoms with Crippen LogP contribution in [-0.2, 0) is 0 Å². The number of nitriles is 1. The summed E-state index contributed by atoms with van der Waals surface area (Å²) in [6.07, 6.45) is 0. The molecular formula is C17H13BrF2N2O3. The van der Waals surface area contributed by atoms with Gasteiger partial charge < -0.3 is 14.8 Å². The molecule has 0 saturated heterocycles. The lowest BCUT2D eigenvalue weighted by Crippen LogP contribution is -2.28. The highest BCUT2D eigenvalue weighted by Crippen LogP contribution is 2.35. The van der Waals surface area contributed by atoms with Crippen molar-refractivity contribution < 1.29 is 23.0 Å². The summed E-state index contributed by atoms with van der Waals surface area (Å²) < 4.78 is 37.7. The Morgan fingerprint density at radius 1 is 1.20 bits per heavy atom. The maximum atomic E-state index is 13.8. The van der Waals surface area contributed by atoms with E-state index in [-0.39, 0.29) is 11.1 Å². The second kappa shape index (κ2) is 7.94.